The van der Waals surface area contributed by atoms with Crippen molar-refractivity contribution in [3.8, 4) is 10.4 Å². The van der Waals surface area contributed by atoms with Crippen LogP contribution in [0.3, 0.4) is 0 Å². The minimum absolute atomic E-state index is 0.148. The maximum atomic E-state index is 12.8. The normalized spacial score (nSPS) is 12.5. The molecule has 3 aromatic rings. The minimum Gasteiger partial charge on any atom is -0.462 e. The first kappa shape index (κ1) is 19.2. The Bertz CT molecular complexity index is 1030. The summed E-state index contributed by atoms with van der Waals surface area (Å²) in [5.74, 6) is -0.564. The lowest BCUT2D eigenvalue weighted by Gasteiger charge is -2.18. The van der Waals surface area contributed by atoms with Crippen molar-refractivity contribution < 1.29 is 14.3 Å². The van der Waals surface area contributed by atoms with Gasteiger partial charge in [0.05, 0.1) is 18.8 Å². The van der Waals surface area contributed by atoms with Crippen molar-refractivity contribution in [3.05, 3.63) is 71.1 Å². The van der Waals surface area contributed by atoms with Crippen LogP contribution in [0.15, 0.2) is 60.7 Å². The summed E-state index contributed by atoms with van der Waals surface area (Å²) in [4.78, 5) is 28.6. The second-order valence-corrected chi connectivity index (χ2v) is 7.84. The van der Waals surface area contributed by atoms with Crippen molar-refractivity contribution in [3.63, 3.8) is 0 Å². The Hall–Kier alpha value is -3.12. The second-order valence-electron chi connectivity index (χ2n) is 6.79. The van der Waals surface area contributed by atoms with Crippen LogP contribution >= 0.6 is 11.3 Å². The summed E-state index contributed by atoms with van der Waals surface area (Å²) in [5, 5.41) is 2.93. The number of carbonyl (C=O) groups excluding carboxylic acids is 2. The Morgan fingerprint density at radius 1 is 1.10 bits per heavy atom. The lowest BCUT2D eigenvalue weighted by Crippen LogP contribution is -2.32. The average Bonchev–Trinajstić information content (AvgIpc) is 3.34. The van der Waals surface area contributed by atoms with Crippen LogP contribution in [0.25, 0.3) is 10.4 Å². The van der Waals surface area contributed by atoms with Crippen LogP contribution in [0.5, 0.6) is 0 Å². The van der Waals surface area contributed by atoms with Gasteiger partial charge in [-0.2, -0.15) is 0 Å². The summed E-state index contributed by atoms with van der Waals surface area (Å²) in [6, 6.07) is 19.8. The number of carbonyl (C=O) groups is 2. The third-order valence-electron chi connectivity index (χ3n) is 4.84. The highest BCUT2D eigenvalue weighted by atomic mass is 32.1. The van der Waals surface area contributed by atoms with Gasteiger partial charge in [-0.25, -0.2) is 4.79 Å². The van der Waals surface area contributed by atoms with Crippen molar-refractivity contribution >= 4 is 34.6 Å². The largest absolute Gasteiger partial charge is 0.462 e. The van der Waals surface area contributed by atoms with Gasteiger partial charge in [0.1, 0.15) is 4.88 Å². The molecule has 1 aliphatic heterocycles. The number of fused-ring (bicyclic) bond motifs is 1. The maximum absolute atomic E-state index is 12.8. The Kier molecular flexibility index (Phi) is 5.62. The van der Waals surface area contributed by atoms with Crippen LogP contribution in [-0.4, -0.2) is 31.6 Å². The fourth-order valence-corrected chi connectivity index (χ4v) is 4.52. The molecule has 4 rings (SSSR count). The van der Waals surface area contributed by atoms with E-state index in [9.17, 15) is 9.59 Å². The quantitative estimate of drug-likeness (QED) is 0.608. The fourth-order valence-electron chi connectivity index (χ4n) is 3.51. The molecule has 148 valence electrons. The molecule has 5 nitrogen and oxygen atoms in total. The Morgan fingerprint density at radius 2 is 1.86 bits per heavy atom. The highest BCUT2D eigenvalue weighted by Gasteiger charge is 2.23. The number of thiophene rings is 1. The summed E-state index contributed by atoms with van der Waals surface area (Å²) in [7, 11) is 0. The standard InChI is InChI=1S/C23H22N2O3S/c1-2-28-23(27)22-18(14-20(29-22)17-9-4-3-5-10-17)24-21(26)15-25-13-12-16-8-6-7-11-19(16)25/h3-11,14H,2,12-13,15H2,1H3,(H,24,26). The van der Waals surface area contributed by atoms with Gasteiger partial charge in [0, 0.05) is 17.1 Å². The third-order valence-corrected chi connectivity index (χ3v) is 6.01. The summed E-state index contributed by atoms with van der Waals surface area (Å²) in [6.07, 6.45) is 0.939. The Balaban J connectivity index is 1.55. The van der Waals surface area contributed by atoms with Gasteiger partial charge >= 0.3 is 5.97 Å². The predicted molar refractivity (Wildman–Crippen MR) is 117 cm³/mol. The van der Waals surface area contributed by atoms with Crippen LogP contribution in [0.1, 0.15) is 22.2 Å². The topological polar surface area (TPSA) is 58.6 Å². The van der Waals surface area contributed by atoms with Gasteiger partial charge in [0.15, 0.2) is 0 Å². The Morgan fingerprint density at radius 3 is 2.66 bits per heavy atom. The van der Waals surface area contributed by atoms with Crippen molar-refractivity contribution in [2.45, 2.75) is 13.3 Å². The monoisotopic (exact) mass is 406 g/mol. The molecule has 1 aromatic heterocycles. The van der Waals surface area contributed by atoms with Crippen LogP contribution in [-0.2, 0) is 16.0 Å². The van der Waals surface area contributed by atoms with E-state index in [2.05, 4.69) is 16.3 Å². The molecule has 0 radical (unpaired) electrons. The number of hydrogen-bond acceptors (Lipinski definition) is 5. The van der Waals surface area contributed by atoms with Crippen molar-refractivity contribution in [1.29, 1.82) is 0 Å². The zero-order chi connectivity index (χ0) is 20.2. The molecule has 1 N–H and O–H groups in total. The highest BCUT2D eigenvalue weighted by molar-refractivity contribution is 7.18. The van der Waals surface area contributed by atoms with Crippen LogP contribution in [0.4, 0.5) is 11.4 Å². The molecule has 0 saturated heterocycles. The molecule has 0 atom stereocenters. The number of rotatable bonds is 6. The summed E-state index contributed by atoms with van der Waals surface area (Å²) in [5.41, 5.74) is 3.86. The number of para-hydroxylation sites is 1. The van der Waals surface area contributed by atoms with E-state index < -0.39 is 5.97 Å². The lowest BCUT2D eigenvalue weighted by molar-refractivity contribution is -0.115. The van der Waals surface area contributed by atoms with Crippen molar-refractivity contribution in [2.24, 2.45) is 0 Å². The van der Waals surface area contributed by atoms with Gasteiger partial charge in [-0.15, -0.1) is 11.3 Å². The molecule has 0 aliphatic carbocycles. The van der Waals surface area contributed by atoms with E-state index in [1.165, 1.54) is 16.9 Å². The molecule has 6 heteroatoms. The summed E-state index contributed by atoms with van der Waals surface area (Å²) in [6.45, 7) is 3.12. The van der Waals surface area contributed by atoms with Gasteiger partial charge in [0.25, 0.3) is 0 Å². The van der Waals surface area contributed by atoms with E-state index in [-0.39, 0.29) is 19.1 Å². The number of benzene rings is 2. The smallest absolute Gasteiger partial charge is 0.350 e. The van der Waals surface area contributed by atoms with E-state index in [0.717, 1.165) is 29.1 Å². The first-order chi connectivity index (χ1) is 14.2. The van der Waals surface area contributed by atoms with Crippen LogP contribution in [0.2, 0.25) is 0 Å². The van der Waals surface area contributed by atoms with Crippen molar-refractivity contribution in [1.82, 2.24) is 0 Å². The third kappa shape index (κ3) is 4.17. The molecule has 0 saturated carbocycles. The van der Waals surface area contributed by atoms with Crippen LogP contribution in [0, 0.1) is 0 Å². The number of amides is 1. The molecule has 2 aromatic carbocycles. The first-order valence-electron chi connectivity index (χ1n) is 9.64. The fraction of sp³-hybridized carbons (Fsp3) is 0.217. The Labute approximate surface area is 173 Å². The molecular weight excluding hydrogens is 384 g/mol. The van der Waals surface area contributed by atoms with E-state index in [1.807, 2.05) is 54.6 Å². The first-order valence-corrected chi connectivity index (χ1v) is 10.5. The summed E-state index contributed by atoms with van der Waals surface area (Å²) >= 11 is 1.33. The molecular formula is C23H22N2O3S. The van der Waals surface area contributed by atoms with E-state index in [1.54, 1.807) is 6.92 Å². The van der Waals surface area contributed by atoms with Gasteiger partial charge in [-0.05, 0) is 36.6 Å². The number of ether oxygens (including phenoxy) is 1. The molecule has 0 spiro atoms. The minimum atomic E-state index is -0.415. The molecule has 29 heavy (non-hydrogen) atoms. The zero-order valence-electron chi connectivity index (χ0n) is 16.2. The zero-order valence-corrected chi connectivity index (χ0v) is 17.0. The number of anilines is 2. The second kappa shape index (κ2) is 8.49. The van der Waals surface area contributed by atoms with E-state index >= 15 is 0 Å². The molecule has 2 heterocycles. The molecule has 1 aliphatic rings. The van der Waals surface area contributed by atoms with E-state index in [4.69, 9.17) is 4.74 Å². The molecule has 0 fully saturated rings. The average molecular weight is 407 g/mol. The number of esters is 1. The highest BCUT2D eigenvalue weighted by Crippen LogP contribution is 2.35. The lowest BCUT2D eigenvalue weighted by atomic mass is 10.2. The molecule has 1 amide bonds. The van der Waals surface area contributed by atoms with Gasteiger partial charge < -0.3 is 15.0 Å². The number of nitrogens with zero attached hydrogens (tertiary/aromatic N) is 1. The number of hydrogen-bond donors (Lipinski definition) is 1. The number of nitrogens with one attached hydrogen (secondary N) is 1. The summed E-state index contributed by atoms with van der Waals surface area (Å²) < 4.78 is 5.19. The van der Waals surface area contributed by atoms with Gasteiger partial charge in [0.2, 0.25) is 5.91 Å². The SMILES string of the molecule is CCOC(=O)c1sc(-c2ccccc2)cc1NC(=O)CN1CCc2ccccc21. The predicted octanol–water partition coefficient (Wildman–Crippen LogP) is 4.59. The maximum Gasteiger partial charge on any atom is 0.350 e. The van der Waals surface area contributed by atoms with Crippen LogP contribution < -0.4 is 10.2 Å². The molecule has 0 unspecified atom stereocenters. The van der Waals surface area contributed by atoms with Crippen molar-refractivity contribution in [2.75, 3.05) is 29.9 Å². The van der Waals surface area contributed by atoms with Gasteiger partial charge in [-0.3, -0.25) is 4.79 Å². The van der Waals surface area contributed by atoms with Gasteiger partial charge in [-0.1, -0.05) is 48.5 Å². The molecule has 0 bridgehead atoms. The van der Waals surface area contributed by atoms with E-state index in [0.29, 0.717) is 10.6 Å².